The molecule has 0 aliphatic rings. The minimum absolute atomic E-state index is 0.216. The largest absolute Gasteiger partial charge is 0.241 e. The smallest absolute Gasteiger partial charge is 0.207 e. The molecule has 0 aliphatic carbocycles. The second-order valence-corrected chi connectivity index (χ2v) is 8.31. The minimum atomic E-state index is -3.71. The van der Waals surface area contributed by atoms with Crippen molar-refractivity contribution in [1.29, 1.82) is 0 Å². The summed E-state index contributed by atoms with van der Waals surface area (Å²) >= 11 is 1.45. The lowest BCUT2D eigenvalue weighted by atomic mass is 10.1. The SMILES string of the molecule is CCc1ccc(S(=O)(=O)NC(c2ccc(F)cc2)c2cccs2)cc1. The van der Waals surface area contributed by atoms with Crippen LogP contribution in [0, 0.1) is 5.82 Å². The van der Waals surface area contributed by atoms with Crippen LogP contribution in [0.15, 0.2) is 70.9 Å². The molecule has 1 aromatic heterocycles. The van der Waals surface area contributed by atoms with Crippen molar-refractivity contribution in [3.8, 4) is 0 Å². The summed E-state index contributed by atoms with van der Waals surface area (Å²) in [5, 5.41) is 1.89. The Morgan fingerprint density at radius 1 is 1.04 bits per heavy atom. The molecule has 6 heteroatoms. The second-order valence-electron chi connectivity index (χ2n) is 5.62. The Morgan fingerprint density at radius 2 is 1.72 bits per heavy atom. The van der Waals surface area contributed by atoms with Gasteiger partial charge < -0.3 is 0 Å². The summed E-state index contributed by atoms with van der Waals surface area (Å²) in [5.41, 5.74) is 1.77. The van der Waals surface area contributed by atoms with Crippen molar-refractivity contribution in [2.24, 2.45) is 0 Å². The molecule has 0 spiro atoms. The number of thiophene rings is 1. The number of rotatable bonds is 6. The van der Waals surface area contributed by atoms with Gasteiger partial charge in [0.25, 0.3) is 0 Å². The monoisotopic (exact) mass is 375 g/mol. The molecule has 0 saturated heterocycles. The molecule has 3 nitrogen and oxygen atoms in total. The van der Waals surface area contributed by atoms with E-state index in [-0.39, 0.29) is 10.7 Å². The van der Waals surface area contributed by atoms with Crippen molar-refractivity contribution < 1.29 is 12.8 Å². The van der Waals surface area contributed by atoms with Gasteiger partial charge in [0.15, 0.2) is 0 Å². The molecule has 0 aliphatic heterocycles. The molecule has 0 radical (unpaired) electrons. The quantitative estimate of drug-likeness (QED) is 0.689. The highest BCUT2D eigenvalue weighted by Crippen LogP contribution is 2.28. The molecule has 1 heterocycles. The predicted octanol–water partition coefficient (Wildman–Crippen LogP) is 4.52. The van der Waals surface area contributed by atoms with Crippen LogP contribution in [0.1, 0.15) is 29.0 Å². The molecule has 25 heavy (non-hydrogen) atoms. The maximum atomic E-state index is 13.2. The lowest BCUT2D eigenvalue weighted by Gasteiger charge is -2.18. The Morgan fingerprint density at radius 3 is 2.28 bits per heavy atom. The molecule has 0 amide bonds. The van der Waals surface area contributed by atoms with Crippen molar-refractivity contribution in [2.45, 2.75) is 24.3 Å². The van der Waals surface area contributed by atoms with Crippen LogP contribution in [0.3, 0.4) is 0 Å². The summed E-state index contributed by atoms with van der Waals surface area (Å²) in [6, 6.07) is 15.9. The third-order valence-electron chi connectivity index (χ3n) is 3.95. The summed E-state index contributed by atoms with van der Waals surface area (Å²) in [6.45, 7) is 2.02. The van der Waals surface area contributed by atoms with Crippen LogP contribution in [0.2, 0.25) is 0 Å². The molecule has 1 unspecified atom stereocenters. The summed E-state index contributed by atoms with van der Waals surface area (Å²) in [7, 11) is -3.71. The minimum Gasteiger partial charge on any atom is -0.207 e. The van der Waals surface area contributed by atoms with Crippen LogP contribution in [0.25, 0.3) is 0 Å². The van der Waals surface area contributed by atoms with Gasteiger partial charge in [-0.2, -0.15) is 4.72 Å². The summed E-state index contributed by atoms with van der Waals surface area (Å²) in [5.74, 6) is -0.355. The average molecular weight is 375 g/mol. The summed E-state index contributed by atoms with van der Waals surface area (Å²) < 4.78 is 41.6. The highest BCUT2D eigenvalue weighted by molar-refractivity contribution is 7.89. The van der Waals surface area contributed by atoms with E-state index in [0.717, 1.165) is 16.9 Å². The van der Waals surface area contributed by atoms with Gasteiger partial charge in [0, 0.05) is 4.88 Å². The van der Waals surface area contributed by atoms with Gasteiger partial charge in [-0.25, -0.2) is 12.8 Å². The molecule has 0 bridgehead atoms. The van der Waals surface area contributed by atoms with Gasteiger partial charge in [-0.15, -0.1) is 11.3 Å². The molecule has 3 aromatic rings. The van der Waals surface area contributed by atoms with E-state index in [0.29, 0.717) is 5.56 Å². The van der Waals surface area contributed by atoms with E-state index in [4.69, 9.17) is 0 Å². The average Bonchev–Trinajstić information content (AvgIpc) is 3.15. The number of nitrogens with one attached hydrogen (secondary N) is 1. The Labute approximate surface area is 151 Å². The van der Waals surface area contributed by atoms with E-state index >= 15 is 0 Å². The lowest BCUT2D eigenvalue weighted by Crippen LogP contribution is -2.29. The number of aryl methyl sites for hydroxylation is 1. The van der Waals surface area contributed by atoms with Gasteiger partial charge in [-0.3, -0.25) is 0 Å². The van der Waals surface area contributed by atoms with Crippen LogP contribution in [0.4, 0.5) is 4.39 Å². The molecule has 0 fully saturated rings. The summed E-state index contributed by atoms with van der Waals surface area (Å²) in [4.78, 5) is 1.06. The molecule has 0 saturated carbocycles. The van der Waals surface area contributed by atoms with Crippen LogP contribution in [-0.2, 0) is 16.4 Å². The van der Waals surface area contributed by atoms with E-state index < -0.39 is 16.1 Å². The maximum Gasteiger partial charge on any atom is 0.241 e. The number of hydrogen-bond acceptors (Lipinski definition) is 3. The van der Waals surface area contributed by atoms with Crippen molar-refractivity contribution in [1.82, 2.24) is 4.72 Å². The molecule has 1 N–H and O–H groups in total. The van der Waals surface area contributed by atoms with Crippen LogP contribution < -0.4 is 4.72 Å². The van der Waals surface area contributed by atoms with Crippen LogP contribution >= 0.6 is 11.3 Å². The maximum absolute atomic E-state index is 13.2. The molecule has 2 aromatic carbocycles. The third kappa shape index (κ3) is 4.15. The van der Waals surface area contributed by atoms with E-state index in [1.165, 1.54) is 23.5 Å². The zero-order chi connectivity index (χ0) is 17.9. The fourth-order valence-corrected chi connectivity index (χ4v) is 4.61. The molecule has 3 rings (SSSR count). The van der Waals surface area contributed by atoms with Gasteiger partial charge in [-0.05, 0) is 53.3 Å². The Kier molecular flexibility index (Phi) is 5.32. The highest BCUT2D eigenvalue weighted by Gasteiger charge is 2.23. The lowest BCUT2D eigenvalue weighted by molar-refractivity contribution is 0.573. The third-order valence-corrected chi connectivity index (χ3v) is 6.32. The number of halogens is 1. The van der Waals surface area contributed by atoms with E-state index in [1.807, 2.05) is 36.6 Å². The van der Waals surface area contributed by atoms with Crippen molar-refractivity contribution in [2.75, 3.05) is 0 Å². The normalized spacial score (nSPS) is 12.9. The van der Waals surface area contributed by atoms with E-state index in [1.54, 1.807) is 24.3 Å². The number of hydrogen-bond donors (Lipinski definition) is 1. The van der Waals surface area contributed by atoms with Gasteiger partial charge in [0.2, 0.25) is 10.0 Å². The van der Waals surface area contributed by atoms with E-state index in [9.17, 15) is 12.8 Å². The van der Waals surface area contributed by atoms with Gasteiger partial charge in [-0.1, -0.05) is 37.3 Å². The van der Waals surface area contributed by atoms with Crippen LogP contribution in [-0.4, -0.2) is 8.42 Å². The molecule has 1 atom stereocenters. The first-order valence-electron chi connectivity index (χ1n) is 7.90. The molecular weight excluding hydrogens is 357 g/mol. The molecule has 130 valence electrons. The fraction of sp³-hybridized carbons (Fsp3) is 0.158. The first-order valence-corrected chi connectivity index (χ1v) is 10.3. The van der Waals surface area contributed by atoms with Gasteiger partial charge in [0.05, 0.1) is 10.9 Å². The van der Waals surface area contributed by atoms with Gasteiger partial charge >= 0.3 is 0 Å². The Bertz CT molecular complexity index is 919. The first-order chi connectivity index (χ1) is 12.0. The molecular formula is C19H18FNO2S2. The zero-order valence-corrected chi connectivity index (χ0v) is 15.3. The van der Waals surface area contributed by atoms with E-state index in [2.05, 4.69) is 4.72 Å². The van der Waals surface area contributed by atoms with Gasteiger partial charge in [0.1, 0.15) is 5.82 Å². The van der Waals surface area contributed by atoms with Crippen molar-refractivity contribution in [3.05, 3.63) is 87.9 Å². The highest BCUT2D eigenvalue weighted by atomic mass is 32.2. The first kappa shape index (κ1) is 17.8. The predicted molar refractivity (Wildman–Crippen MR) is 98.7 cm³/mol. The standard InChI is InChI=1S/C19H18FNO2S2/c1-2-14-5-11-17(12-6-14)25(22,23)21-19(18-4-3-13-24-18)15-7-9-16(20)10-8-15/h3-13,19,21H,2H2,1H3. The van der Waals surface area contributed by atoms with Crippen molar-refractivity contribution in [3.63, 3.8) is 0 Å². The summed E-state index contributed by atoms with van der Waals surface area (Å²) in [6.07, 6.45) is 0.848. The second kappa shape index (κ2) is 7.47. The Hall–Kier alpha value is -2.02. The number of sulfonamides is 1. The Balaban J connectivity index is 1.95. The van der Waals surface area contributed by atoms with Crippen molar-refractivity contribution >= 4 is 21.4 Å². The number of benzene rings is 2. The fourth-order valence-electron chi connectivity index (χ4n) is 2.53. The topological polar surface area (TPSA) is 46.2 Å². The zero-order valence-electron chi connectivity index (χ0n) is 13.6. The van der Waals surface area contributed by atoms with Crippen LogP contribution in [0.5, 0.6) is 0 Å².